The van der Waals surface area contributed by atoms with Crippen molar-refractivity contribution in [2.45, 2.75) is 19.6 Å². The van der Waals surface area contributed by atoms with E-state index in [-0.39, 0.29) is 5.91 Å². The predicted octanol–water partition coefficient (Wildman–Crippen LogP) is 2.46. The topological polar surface area (TPSA) is 50.8 Å². The largest absolute Gasteiger partial charge is 0.489 e. The molecule has 1 N–H and O–H groups in total. The highest BCUT2D eigenvalue weighted by Gasteiger charge is 2.23. The summed E-state index contributed by atoms with van der Waals surface area (Å²) in [5.74, 6) is 1.48. The lowest BCUT2D eigenvalue weighted by atomic mass is 10.2. The van der Waals surface area contributed by atoms with Crippen molar-refractivity contribution < 1.29 is 14.3 Å². The van der Waals surface area contributed by atoms with Gasteiger partial charge in [0.25, 0.3) is 5.91 Å². The second kappa shape index (κ2) is 8.53. The molecule has 1 saturated heterocycles. The first-order valence-corrected chi connectivity index (χ1v) is 8.65. The molecule has 25 heavy (non-hydrogen) atoms. The predicted molar refractivity (Wildman–Crippen MR) is 96.8 cm³/mol. The number of benzene rings is 2. The number of piperazine rings is 1. The van der Waals surface area contributed by atoms with Gasteiger partial charge in [0, 0.05) is 26.2 Å². The number of carbonyl (C=O) groups excluding carboxylic acids is 1. The molecule has 1 atom stereocenters. The summed E-state index contributed by atoms with van der Waals surface area (Å²) in [5, 5.41) is 3.24. The van der Waals surface area contributed by atoms with Crippen LogP contribution in [0.1, 0.15) is 12.5 Å². The van der Waals surface area contributed by atoms with Gasteiger partial charge in [-0.05, 0) is 36.8 Å². The second-order valence-corrected chi connectivity index (χ2v) is 6.08. The Morgan fingerprint density at radius 1 is 1.04 bits per heavy atom. The maximum Gasteiger partial charge on any atom is 0.263 e. The molecule has 0 saturated carbocycles. The fraction of sp³-hybridized carbons (Fsp3) is 0.350. The van der Waals surface area contributed by atoms with Crippen LogP contribution in [-0.4, -0.2) is 43.1 Å². The SMILES string of the molecule is CC(Oc1ccc(OCc2ccccc2)cc1)C(=O)N1CCNCC1. The molecule has 5 heteroatoms. The highest BCUT2D eigenvalue weighted by molar-refractivity contribution is 5.81. The molecule has 5 nitrogen and oxygen atoms in total. The van der Waals surface area contributed by atoms with Crippen LogP contribution < -0.4 is 14.8 Å². The first-order valence-electron chi connectivity index (χ1n) is 8.65. The van der Waals surface area contributed by atoms with Crippen LogP contribution in [0.4, 0.5) is 0 Å². The van der Waals surface area contributed by atoms with Crippen molar-refractivity contribution in [1.29, 1.82) is 0 Å². The van der Waals surface area contributed by atoms with E-state index in [4.69, 9.17) is 9.47 Å². The van der Waals surface area contributed by atoms with Gasteiger partial charge in [-0.25, -0.2) is 0 Å². The zero-order valence-electron chi connectivity index (χ0n) is 14.5. The van der Waals surface area contributed by atoms with Crippen LogP contribution in [0.25, 0.3) is 0 Å². The Hall–Kier alpha value is -2.53. The monoisotopic (exact) mass is 340 g/mol. The van der Waals surface area contributed by atoms with Gasteiger partial charge < -0.3 is 19.7 Å². The minimum Gasteiger partial charge on any atom is -0.489 e. The number of amides is 1. The number of nitrogens with zero attached hydrogens (tertiary/aromatic N) is 1. The van der Waals surface area contributed by atoms with E-state index in [1.165, 1.54) is 0 Å². The number of carbonyl (C=O) groups is 1. The van der Waals surface area contributed by atoms with Gasteiger partial charge >= 0.3 is 0 Å². The van der Waals surface area contributed by atoms with E-state index < -0.39 is 6.10 Å². The molecule has 1 amide bonds. The Kier molecular flexibility index (Phi) is 5.90. The van der Waals surface area contributed by atoms with E-state index in [9.17, 15) is 4.79 Å². The molecule has 1 fully saturated rings. The molecule has 1 aliphatic rings. The minimum atomic E-state index is -0.491. The molecule has 132 valence electrons. The normalized spacial score (nSPS) is 15.5. The summed E-state index contributed by atoms with van der Waals surface area (Å²) in [7, 11) is 0. The standard InChI is InChI=1S/C20H24N2O3/c1-16(20(23)22-13-11-21-12-14-22)25-19-9-7-18(8-10-19)24-15-17-5-3-2-4-6-17/h2-10,16,21H,11-15H2,1H3. The first-order chi connectivity index (χ1) is 12.2. The smallest absolute Gasteiger partial charge is 0.263 e. The van der Waals surface area contributed by atoms with E-state index in [1.807, 2.05) is 59.5 Å². The van der Waals surface area contributed by atoms with Gasteiger partial charge in [0.1, 0.15) is 18.1 Å². The molecular weight excluding hydrogens is 316 g/mol. The van der Waals surface area contributed by atoms with Crippen LogP contribution in [-0.2, 0) is 11.4 Å². The van der Waals surface area contributed by atoms with E-state index >= 15 is 0 Å². The van der Waals surface area contributed by atoms with Gasteiger partial charge in [-0.1, -0.05) is 30.3 Å². The van der Waals surface area contributed by atoms with Crippen molar-refractivity contribution in [2.75, 3.05) is 26.2 Å². The molecule has 1 heterocycles. The summed E-state index contributed by atoms with van der Waals surface area (Å²) in [4.78, 5) is 14.2. The van der Waals surface area contributed by atoms with Crippen LogP contribution in [0.3, 0.4) is 0 Å². The molecule has 3 rings (SSSR count). The fourth-order valence-electron chi connectivity index (χ4n) is 2.75. The van der Waals surface area contributed by atoms with E-state index in [2.05, 4.69) is 5.32 Å². The number of nitrogens with one attached hydrogen (secondary N) is 1. The van der Waals surface area contributed by atoms with Gasteiger partial charge in [0.15, 0.2) is 6.10 Å². The van der Waals surface area contributed by atoms with Crippen molar-refractivity contribution in [3.8, 4) is 11.5 Å². The number of rotatable bonds is 6. The lowest BCUT2D eigenvalue weighted by molar-refractivity contribution is -0.138. The van der Waals surface area contributed by atoms with Crippen molar-refractivity contribution in [3.63, 3.8) is 0 Å². The third-order valence-corrected chi connectivity index (χ3v) is 4.16. The number of ether oxygens (including phenoxy) is 2. The first kappa shape index (κ1) is 17.3. The summed E-state index contributed by atoms with van der Waals surface area (Å²) >= 11 is 0. The molecule has 0 aromatic heterocycles. The Bertz CT molecular complexity index is 667. The fourth-order valence-corrected chi connectivity index (χ4v) is 2.75. The summed E-state index contributed by atoms with van der Waals surface area (Å²) in [6.07, 6.45) is -0.491. The number of hydrogen-bond donors (Lipinski definition) is 1. The van der Waals surface area contributed by atoms with Gasteiger partial charge in [-0.3, -0.25) is 4.79 Å². The quantitative estimate of drug-likeness (QED) is 0.878. The van der Waals surface area contributed by atoms with Crippen LogP contribution in [0.2, 0.25) is 0 Å². The Labute approximate surface area is 148 Å². The van der Waals surface area contributed by atoms with E-state index in [0.717, 1.165) is 37.5 Å². The molecule has 0 spiro atoms. The van der Waals surface area contributed by atoms with E-state index in [0.29, 0.717) is 12.4 Å². The molecule has 0 bridgehead atoms. The second-order valence-electron chi connectivity index (χ2n) is 6.08. The highest BCUT2D eigenvalue weighted by atomic mass is 16.5. The Morgan fingerprint density at radius 3 is 2.36 bits per heavy atom. The van der Waals surface area contributed by atoms with Crippen molar-refractivity contribution >= 4 is 5.91 Å². The van der Waals surface area contributed by atoms with Crippen molar-refractivity contribution in [2.24, 2.45) is 0 Å². The van der Waals surface area contributed by atoms with Gasteiger partial charge in [-0.2, -0.15) is 0 Å². The molecular formula is C20H24N2O3. The zero-order chi connectivity index (χ0) is 17.5. The average Bonchev–Trinajstić information content (AvgIpc) is 2.68. The maximum atomic E-state index is 12.4. The summed E-state index contributed by atoms with van der Waals surface area (Å²) in [6.45, 7) is 5.47. The molecule has 2 aromatic carbocycles. The molecule has 0 aliphatic carbocycles. The lowest BCUT2D eigenvalue weighted by Gasteiger charge is -2.29. The highest BCUT2D eigenvalue weighted by Crippen LogP contribution is 2.20. The van der Waals surface area contributed by atoms with Gasteiger partial charge in [0.05, 0.1) is 0 Å². The third-order valence-electron chi connectivity index (χ3n) is 4.16. The molecule has 0 radical (unpaired) electrons. The van der Waals surface area contributed by atoms with Crippen LogP contribution >= 0.6 is 0 Å². The van der Waals surface area contributed by atoms with Crippen molar-refractivity contribution in [3.05, 3.63) is 60.2 Å². The van der Waals surface area contributed by atoms with Crippen LogP contribution in [0.5, 0.6) is 11.5 Å². The molecule has 1 unspecified atom stereocenters. The van der Waals surface area contributed by atoms with Gasteiger partial charge in [0.2, 0.25) is 0 Å². The minimum absolute atomic E-state index is 0.0332. The van der Waals surface area contributed by atoms with Crippen LogP contribution in [0, 0.1) is 0 Å². The Balaban J connectivity index is 1.50. The zero-order valence-corrected chi connectivity index (χ0v) is 14.5. The lowest BCUT2D eigenvalue weighted by Crippen LogP contribution is -2.50. The maximum absolute atomic E-state index is 12.4. The average molecular weight is 340 g/mol. The molecule has 2 aromatic rings. The van der Waals surface area contributed by atoms with Gasteiger partial charge in [-0.15, -0.1) is 0 Å². The Morgan fingerprint density at radius 2 is 1.68 bits per heavy atom. The van der Waals surface area contributed by atoms with Crippen molar-refractivity contribution in [1.82, 2.24) is 10.2 Å². The summed E-state index contributed by atoms with van der Waals surface area (Å²) < 4.78 is 11.5. The third kappa shape index (κ3) is 4.97. The summed E-state index contributed by atoms with van der Waals surface area (Å²) in [5.41, 5.74) is 1.12. The number of hydrogen-bond acceptors (Lipinski definition) is 4. The summed E-state index contributed by atoms with van der Waals surface area (Å²) in [6, 6.07) is 17.4. The van der Waals surface area contributed by atoms with Crippen LogP contribution in [0.15, 0.2) is 54.6 Å². The molecule has 1 aliphatic heterocycles. The van der Waals surface area contributed by atoms with E-state index in [1.54, 1.807) is 6.92 Å².